The SMILES string of the molecule is CCCC(C)C(=O)NC1CC2CCC(C1)N2. The Balaban J connectivity index is 1.79. The topological polar surface area (TPSA) is 41.1 Å². The zero-order valence-corrected chi connectivity index (χ0v) is 10.5. The maximum absolute atomic E-state index is 11.9. The van der Waals surface area contributed by atoms with Gasteiger partial charge in [0, 0.05) is 24.0 Å². The van der Waals surface area contributed by atoms with E-state index in [-0.39, 0.29) is 11.8 Å². The summed E-state index contributed by atoms with van der Waals surface area (Å²) in [6.07, 6.45) is 6.93. The van der Waals surface area contributed by atoms with E-state index in [1.54, 1.807) is 0 Å². The molecule has 0 aromatic rings. The van der Waals surface area contributed by atoms with Gasteiger partial charge in [0.15, 0.2) is 0 Å². The Hall–Kier alpha value is -0.570. The smallest absolute Gasteiger partial charge is 0.223 e. The van der Waals surface area contributed by atoms with Crippen LogP contribution in [0.4, 0.5) is 0 Å². The number of carbonyl (C=O) groups is 1. The Kier molecular flexibility index (Phi) is 3.85. The number of amides is 1. The zero-order valence-electron chi connectivity index (χ0n) is 10.5. The Labute approximate surface area is 98.4 Å². The second-order valence-corrected chi connectivity index (χ2v) is 5.50. The second-order valence-electron chi connectivity index (χ2n) is 5.50. The number of rotatable bonds is 4. The molecule has 2 bridgehead atoms. The number of nitrogens with one attached hydrogen (secondary N) is 2. The highest BCUT2D eigenvalue weighted by Crippen LogP contribution is 2.26. The van der Waals surface area contributed by atoms with Crippen LogP contribution in [0, 0.1) is 5.92 Å². The van der Waals surface area contributed by atoms with E-state index in [0.717, 1.165) is 25.7 Å². The van der Waals surface area contributed by atoms with E-state index in [1.165, 1.54) is 12.8 Å². The van der Waals surface area contributed by atoms with Crippen LogP contribution in [0.2, 0.25) is 0 Å². The maximum atomic E-state index is 11.9. The summed E-state index contributed by atoms with van der Waals surface area (Å²) >= 11 is 0. The molecule has 2 saturated heterocycles. The molecule has 2 aliphatic rings. The first-order valence-electron chi connectivity index (χ1n) is 6.75. The van der Waals surface area contributed by atoms with E-state index >= 15 is 0 Å². The molecule has 2 fully saturated rings. The summed E-state index contributed by atoms with van der Waals surface area (Å²) in [5.74, 6) is 0.436. The maximum Gasteiger partial charge on any atom is 0.223 e. The lowest BCUT2D eigenvalue weighted by Gasteiger charge is -2.30. The van der Waals surface area contributed by atoms with Crippen molar-refractivity contribution in [1.82, 2.24) is 10.6 Å². The minimum atomic E-state index is 0.178. The fourth-order valence-electron chi connectivity index (χ4n) is 3.08. The first kappa shape index (κ1) is 11.9. The second kappa shape index (κ2) is 5.17. The lowest BCUT2D eigenvalue weighted by atomic mass is 9.98. The van der Waals surface area contributed by atoms with Crippen molar-refractivity contribution < 1.29 is 4.79 Å². The third-order valence-corrected chi connectivity index (χ3v) is 3.99. The minimum Gasteiger partial charge on any atom is -0.353 e. The van der Waals surface area contributed by atoms with Crippen molar-refractivity contribution in [2.45, 2.75) is 70.5 Å². The number of fused-ring (bicyclic) bond motifs is 2. The summed E-state index contributed by atoms with van der Waals surface area (Å²) in [5.41, 5.74) is 0. The Morgan fingerprint density at radius 1 is 1.38 bits per heavy atom. The van der Waals surface area contributed by atoms with Gasteiger partial charge in [0.05, 0.1) is 0 Å². The van der Waals surface area contributed by atoms with Crippen molar-refractivity contribution in [1.29, 1.82) is 0 Å². The molecule has 2 N–H and O–H groups in total. The first-order chi connectivity index (χ1) is 7.69. The standard InChI is InChI=1S/C13H24N2O/c1-3-4-9(2)13(16)15-12-7-10-5-6-11(8-12)14-10/h9-12,14H,3-8H2,1-2H3,(H,15,16). The van der Waals surface area contributed by atoms with Crippen LogP contribution in [0.15, 0.2) is 0 Å². The molecule has 2 heterocycles. The predicted octanol–water partition coefficient (Wildman–Crippen LogP) is 1.82. The molecule has 0 spiro atoms. The van der Waals surface area contributed by atoms with Crippen molar-refractivity contribution >= 4 is 5.91 Å². The molecule has 3 heteroatoms. The summed E-state index contributed by atoms with van der Waals surface area (Å²) in [6, 6.07) is 1.74. The van der Waals surface area contributed by atoms with E-state index in [1.807, 2.05) is 6.92 Å². The van der Waals surface area contributed by atoms with Gasteiger partial charge in [-0.15, -0.1) is 0 Å². The molecule has 3 unspecified atom stereocenters. The molecule has 0 radical (unpaired) electrons. The molecule has 0 aliphatic carbocycles. The van der Waals surface area contributed by atoms with Gasteiger partial charge in [-0.25, -0.2) is 0 Å². The van der Waals surface area contributed by atoms with Gasteiger partial charge in [-0.2, -0.15) is 0 Å². The summed E-state index contributed by atoms with van der Waals surface area (Å²) in [7, 11) is 0. The summed E-state index contributed by atoms with van der Waals surface area (Å²) < 4.78 is 0. The average Bonchev–Trinajstić information content (AvgIpc) is 2.58. The normalized spacial score (nSPS) is 34.8. The van der Waals surface area contributed by atoms with Crippen molar-refractivity contribution in [2.24, 2.45) is 5.92 Å². The molecule has 0 aromatic carbocycles. The summed E-state index contributed by atoms with van der Waals surface area (Å²) in [5, 5.41) is 6.82. The fourth-order valence-corrected chi connectivity index (χ4v) is 3.08. The third-order valence-electron chi connectivity index (χ3n) is 3.99. The molecule has 0 aromatic heterocycles. The quantitative estimate of drug-likeness (QED) is 0.765. The molecular formula is C13H24N2O. The molecule has 3 nitrogen and oxygen atoms in total. The van der Waals surface area contributed by atoms with Gasteiger partial charge in [-0.05, 0) is 32.1 Å². The molecule has 0 saturated carbocycles. The Morgan fingerprint density at radius 2 is 2.00 bits per heavy atom. The monoisotopic (exact) mass is 224 g/mol. The van der Waals surface area contributed by atoms with Gasteiger partial charge < -0.3 is 10.6 Å². The van der Waals surface area contributed by atoms with Crippen LogP contribution < -0.4 is 10.6 Å². The van der Waals surface area contributed by atoms with Crippen LogP contribution in [0.25, 0.3) is 0 Å². The zero-order chi connectivity index (χ0) is 11.5. The van der Waals surface area contributed by atoms with Gasteiger partial charge in [0.1, 0.15) is 0 Å². The highest BCUT2D eigenvalue weighted by Gasteiger charge is 2.34. The van der Waals surface area contributed by atoms with Crippen molar-refractivity contribution in [3.05, 3.63) is 0 Å². The van der Waals surface area contributed by atoms with Crippen LogP contribution in [-0.2, 0) is 4.79 Å². The molecule has 2 aliphatic heterocycles. The van der Waals surface area contributed by atoms with Gasteiger partial charge >= 0.3 is 0 Å². The van der Waals surface area contributed by atoms with Gasteiger partial charge in [-0.3, -0.25) is 4.79 Å². The van der Waals surface area contributed by atoms with E-state index in [2.05, 4.69) is 17.6 Å². The lowest BCUT2D eigenvalue weighted by Crippen LogP contribution is -2.49. The van der Waals surface area contributed by atoms with Gasteiger partial charge in [0.25, 0.3) is 0 Å². The average molecular weight is 224 g/mol. The summed E-state index contributed by atoms with van der Waals surface area (Å²) in [4.78, 5) is 11.9. The van der Waals surface area contributed by atoms with Crippen LogP contribution >= 0.6 is 0 Å². The third kappa shape index (κ3) is 2.76. The predicted molar refractivity (Wildman–Crippen MR) is 65.2 cm³/mol. The lowest BCUT2D eigenvalue weighted by molar-refractivity contribution is -0.125. The number of carbonyl (C=O) groups excluding carboxylic acids is 1. The van der Waals surface area contributed by atoms with E-state index < -0.39 is 0 Å². The Morgan fingerprint density at radius 3 is 2.56 bits per heavy atom. The Bertz CT molecular complexity index is 242. The number of hydrogen-bond acceptors (Lipinski definition) is 2. The van der Waals surface area contributed by atoms with Gasteiger partial charge in [0.2, 0.25) is 5.91 Å². The van der Waals surface area contributed by atoms with E-state index in [0.29, 0.717) is 18.1 Å². The highest BCUT2D eigenvalue weighted by atomic mass is 16.1. The molecule has 3 atom stereocenters. The van der Waals surface area contributed by atoms with Crippen LogP contribution in [0.3, 0.4) is 0 Å². The highest BCUT2D eigenvalue weighted by molar-refractivity contribution is 5.78. The molecule has 2 rings (SSSR count). The molecular weight excluding hydrogens is 200 g/mol. The van der Waals surface area contributed by atoms with Crippen molar-refractivity contribution in [3.8, 4) is 0 Å². The van der Waals surface area contributed by atoms with Crippen molar-refractivity contribution in [3.63, 3.8) is 0 Å². The van der Waals surface area contributed by atoms with Crippen LogP contribution in [0.5, 0.6) is 0 Å². The number of hydrogen-bond donors (Lipinski definition) is 2. The fraction of sp³-hybridized carbons (Fsp3) is 0.923. The molecule has 16 heavy (non-hydrogen) atoms. The van der Waals surface area contributed by atoms with Crippen LogP contribution in [-0.4, -0.2) is 24.0 Å². The summed E-state index contributed by atoms with van der Waals surface area (Å²) in [6.45, 7) is 4.17. The largest absolute Gasteiger partial charge is 0.353 e. The first-order valence-corrected chi connectivity index (χ1v) is 6.75. The van der Waals surface area contributed by atoms with E-state index in [9.17, 15) is 4.79 Å². The molecule has 92 valence electrons. The molecule has 1 amide bonds. The number of piperidine rings is 1. The van der Waals surface area contributed by atoms with E-state index in [4.69, 9.17) is 0 Å². The minimum absolute atomic E-state index is 0.178. The van der Waals surface area contributed by atoms with Crippen molar-refractivity contribution in [2.75, 3.05) is 0 Å². The van der Waals surface area contributed by atoms with Gasteiger partial charge in [-0.1, -0.05) is 20.3 Å². The van der Waals surface area contributed by atoms with Crippen LogP contribution in [0.1, 0.15) is 52.4 Å².